The molecule has 23 heavy (non-hydrogen) atoms. The van der Waals surface area contributed by atoms with Gasteiger partial charge in [-0.25, -0.2) is 22.0 Å². The van der Waals surface area contributed by atoms with Crippen LogP contribution >= 0.6 is 0 Å². The lowest BCUT2D eigenvalue weighted by atomic mass is 10.2. The average Bonchev–Trinajstić information content (AvgIpc) is 2.55. The molecule has 0 amide bonds. The molecule has 0 bridgehead atoms. The molecule has 0 unspecified atom stereocenters. The Bertz CT molecular complexity index is 751. The van der Waals surface area contributed by atoms with E-state index in [1.54, 1.807) is 5.43 Å². The van der Waals surface area contributed by atoms with Crippen LogP contribution in [0.4, 0.5) is 27.6 Å². The highest BCUT2D eigenvalue weighted by atomic mass is 19.2. The van der Waals surface area contributed by atoms with Crippen molar-refractivity contribution in [3.05, 3.63) is 52.8 Å². The van der Waals surface area contributed by atoms with Crippen LogP contribution in [-0.4, -0.2) is 18.4 Å². The van der Waals surface area contributed by atoms with Crippen molar-refractivity contribution in [2.75, 3.05) is 12.5 Å². The molecule has 2 N–H and O–H groups in total. The lowest BCUT2D eigenvalue weighted by Crippen LogP contribution is -2.06. The maximum atomic E-state index is 13.4. The van der Waals surface area contributed by atoms with E-state index in [0.717, 1.165) is 6.21 Å². The molecule has 0 aromatic heterocycles. The van der Waals surface area contributed by atoms with Crippen molar-refractivity contribution in [3.8, 4) is 11.5 Å². The summed E-state index contributed by atoms with van der Waals surface area (Å²) in [6, 6.07) is 4.34. The first kappa shape index (κ1) is 16.5. The van der Waals surface area contributed by atoms with Gasteiger partial charge in [-0.15, -0.1) is 0 Å². The molecule has 2 aromatic carbocycles. The zero-order valence-electron chi connectivity index (χ0n) is 11.5. The molecule has 0 radical (unpaired) electrons. The van der Waals surface area contributed by atoms with Crippen LogP contribution in [-0.2, 0) is 0 Å². The number of para-hydroxylation sites is 1. The molecule has 0 saturated carbocycles. The van der Waals surface area contributed by atoms with Crippen LogP contribution in [0.15, 0.2) is 23.3 Å². The zero-order valence-corrected chi connectivity index (χ0v) is 11.5. The third-order valence-electron chi connectivity index (χ3n) is 2.84. The summed E-state index contributed by atoms with van der Waals surface area (Å²) in [5.74, 6) is -10.7. The highest BCUT2D eigenvalue weighted by Gasteiger charge is 2.25. The van der Waals surface area contributed by atoms with Gasteiger partial charge in [0, 0.05) is 5.56 Å². The Morgan fingerprint density at radius 2 is 1.57 bits per heavy atom. The van der Waals surface area contributed by atoms with Gasteiger partial charge in [0.25, 0.3) is 0 Å². The van der Waals surface area contributed by atoms with E-state index in [1.165, 1.54) is 25.3 Å². The van der Waals surface area contributed by atoms with Crippen molar-refractivity contribution in [1.29, 1.82) is 0 Å². The van der Waals surface area contributed by atoms with Gasteiger partial charge in [0.2, 0.25) is 5.82 Å². The van der Waals surface area contributed by atoms with E-state index in [-0.39, 0.29) is 17.1 Å². The minimum atomic E-state index is -2.26. The third kappa shape index (κ3) is 3.03. The number of anilines is 1. The van der Waals surface area contributed by atoms with Gasteiger partial charge < -0.3 is 9.84 Å². The van der Waals surface area contributed by atoms with Crippen molar-refractivity contribution in [1.82, 2.24) is 0 Å². The van der Waals surface area contributed by atoms with Crippen LogP contribution in [0, 0.1) is 29.1 Å². The summed E-state index contributed by atoms with van der Waals surface area (Å²) >= 11 is 0. The number of halogens is 5. The van der Waals surface area contributed by atoms with E-state index < -0.39 is 34.8 Å². The SMILES string of the molecule is COc1cccc(/C=N\Nc2c(F)c(F)c(F)c(F)c2F)c1O. The van der Waals surface area contributed by atoms with Crippen molar-refractivity contribution in [3.63, 3.8) is 0 Å². The molecule has 0 aliphatic heterocycles. The summed E-state index contributed by atoms with van der Waals surface area (Å²) in [5.41, 5.74) is 0.517. The van der Waals surface area contributed by atoms with E-state index in [0.29, 0.717) is 0 Å². The third-order valence-corrected chi connectivity index (χ3v) is 2.84. The molecule has 0 fully saturated rings. The number of hydrazone groups is 1. The summed E-state index contributed by atoms with van der Waals surface area (Å²) < 4.78 is 70.5. The standard InChI is InChI=1S/C14H9F5N2O2/c1-23-7-4-2-3-6(14(7)22)5-20-21-13-11(18)9(16)8(15)10(17)12(13)19/h2-5,21-22H,1H3/b20-5-. The largest absolute Gasteiger partial charge is 0.504 e. The number of aromatic hydroxyl groups is 1. The normalized spacial score (nSPS) is 11.0. The van der Waals surface area contributed by atoms with E-state index in [4.69, 9.17) is 4.74 Å². The van der Waals surface area contributed by atoms with Gasteiger partial charge in [-0.2, -0.15) is 5.10 Å². The molecule has 0 atom stereocenters. The highest BCUT2D eigenvalue weighted by molar-refractivity contribution is 5.85. The Hall–Kier alpha value is -2.84. The monoisotopic (exact) mass is 332 g/mol. The molecule has 4 nitrogen and oxygen atoms in total. The second kappa shape index (κ2) is 6.51. The van der Waals surface area contributed by atoms with Crippen LogP contribution in [0.3, 0.4) is 0 Å². The van der Waals surface area contributed by atoms with Crippen molar-refractivity contribution >= 4 is 11.9 Å². The maximum Gasteiger partial charge on any atom is 0.200 e. The predicted molar refractivity (Wildman–Crippen MR) is 72.1 cm³/mol. The molecule has 0 heterocycles. The van der Waals surface area contributed by atoms with Gasteiger partial charge in [-0.1, -0.05) is 6.07 Å². The first-order chi connectivity index (χ1) is 10.9. The number of nitrogens with one attached hydrogen (secondary N) is 1. The van der Waals surface area contributed by atoms with E-state index >= 15 is 0 Å². The van der Waals surface area contributed by atoms with Crippen molar-refractivity contribution < 1.29 is 31.8 Å². The summed E-state index contributed by atoms with van der Waals surface area (Å²) in [6.45, 7) is 0. The van der Waals surface area contributed by atoms with Crippen molar-refractivity contribution in [2.24, 2.45) is 5.10 Å². The minimum absolute atomic E-state index is 0.0979. The second-order valence-corrected chi connectivity index (χ2v) is 4.21. The number of nitrogens with zero attached hydrogens (tertiary/aromatic N) is 1. The lowest BCUT2D eigenvalue weighted by Gasteiger charge is -2.07. The smallest absolute Gasteiger partial charge is 0.200 e. The summed E-state index contributed by atoms with van der Waals surface area (Å²) in [5, 5.41) is 13.1. The fourth-order valence-electron chi connectivity index (χ4n) is 1.68. The zero-order chi connectivity index (χ0) is 17.1. The number of ether oxygens (including phenoxy) is 1. The molecule has 2 aromatic rings. The number of phenols is 1. The van der Waals surface area contributed by atoms with Crippen LogP contribution in [0.1, 0.15) is 5.56 Å². The van der Waals surface area contributed by atoms with Gasteiger partial charge in [0.1, 0.15) is 5.69 Å². The average molecular weight is 332 g/mol. The first-order valence-electron chi connectivity index (χ1n) is 6.05. The number of hydrogen-bond acceptors (Lipinski definition) is 4. The molecule has 0 spiro atoms. The molecule has 122 valence electrons. The van der Waals surface area contributed by atoms with Gasteiger partial charge in [0.05, 0.1) is 13.3 Å². The number of hydrogen-bond donors (Lipinski definition) is 2. The molecular weight excluding hydrogens is 323 g/mol. The molecule has 0 saturated heterocycles. The van der Waals surface area contributed by atoms with Crippen LogP contribution in [0.25, 0.3) is 0 Å². The first-order valence-corrected chi connectivity index (χ1v) is 6.05. The van der Waals surface area contributed by atoms with Gasteiger partial charge in [-0.3, -0.25) is 5.43 Å². The summed E-state index contributed by atoms with van der Waals surface area (Å²) in [7, 11) is 1.31. The molecular formula is C14H9F5N2O2. The van der Waals surface area contributed by atoms with Crippen LogP contribution in [0.2, 0.25) is 0 Å². The van der Waals surface area contributed by atoms with E-state index in [2.05, 4.69) is 5.10 Å². The van der Waals surface area contributed by atoms with Crippen LogP contribution < -0.4 is 10.2 Å². The topological polar surface area (TPSA) is 53.8 Å². The second-order valence-electron chi connectivity index (χ2n) is 4.21. The number of benzene rings is 2. The van der Waals surface area contributed by atoms with Crippen molar-refractivity contribution in [2.45, 2.75) is 0 Å². The molecule has 2 rings (SSSR count). The van der Waals surface area contributed by atoms with Gasteiger partial charge in [-0.05, 0) is 12.1 Å². The molecule has 9 heteroatoms. The summed E-state index contributed by atoms with van der Waals surface area (Å²) in [6.07, 6.45) is 0.926. The van der Waals surface area contributed by atoms with Crippen LogP contribution in [0.5, 0.6) is 11.5 Å². The van der Waals surface area contributed by atoms with Gasteiger partial charge >= 0.3 is 0 Å². The Kier molecular flexibility index (Phi) is 4.68. The molecule has 0 aliphatic rings. The Morgan fingerprint density at radius 1 is 1.00 bits per heavy atom. The van der Waals surface area contributed by atoms with E-state index in [1.807, 2.05) is 0 Å². The summed E-state index contributed by atoms with van der Waals surface area (Å²) in [4.78, 5) is 0. The number of phenolic OH excluding ortho intramolecular Hbond substituents is 1. The quantitative estimate of drug-likeness (QED) is 0.296. The fourth-order valence-corrected chi connectivity index (χ4v) is 1.68. The highest BCUT2D eigenvalue weighted by Crippen LogP contribution is 2.29. The lowest BCUT2D eigenvalue weighted by molar-refractivity contribution is 0.373. The fraction of sp³-hybridized carbons (Fsp3) is 0.0714. The molecule has 0 aliphatic carbocycles. The minimum Gasteiger partial charge on any atom is -0.504 e. The van der Waals surface area contributed by atoms with E-state index in [9.17, 15) is 27.1 Å². The predicted octanol–water partition coefficient (Wildman–Crippen LogP) is 3.54. The Labute approximate surface area is 126 Å². The van der Waals surface area contributed by atoms with Gasteiger partial charge in [0.15, 0.2) is 34.8 Å². The number of rotatable bonds is 4. The maximum absolute atomic E-state index is 13.4. The Balaban J connectivity index is 2.32. The Morgan fingerprint density at radius 3 is 2.13 bits per heavy atom. The number of methoxy groups -OCH3 is 1.